The minimum Gasteiger partial charge on any atom is -0.481 e. The Morgan fingerprint density at radius 1 is 1.31 bits per heavy atom. The average Bonchev–Trinajstić information content (AvgIpc) is 2.54. The zero-order valence-corrected chi connectivity index (χ0v) is 9.51. The first kappa shape index (κ1) is 11.4. The Bertz CT molecular complexity index is 339. The lowest BCUT2D eigenvalue weighted by atomic mass is 10.1. The molecule has 1 aliphatic carbocycles. The summed E-state index contributed by atoms with van der Waals surface area (Å²) in [4.78, 5) is 24.6. The molecule has 0 aromatic heterocycles. The zero-order valence-electron chi connectivity index (χ0n) is 9.51. The third kappa shape index (κ3) is 1.59. The van der Waals surface area contributed by atoms with Crippen LogP contribution in [0.2, 0.25) is 0 Å². The van der Waals surface area contributed by atoms with Gasteiger partial charge in [-0.05, 0) is 11.8 Å². The molecule has 2 N–H and O–H groups in total. The maximum atomic E-state index is 12.0. The number of amides is 1. The van der Waals surface area contributed by atoms with E-state index in [0.717, 1.165) is 0 Å². The van der Waals surface area contributed by atoms with Crippen LogP contribution in [0.5, 0.6) is 0 Å². The van der Waals surface area contributed by atoms with Gasteiger partial charge in [-0.1, -0.05) is 13.8 Å². The molecule has 2 fully saturated rings. The number of carboxylic acid groups (broad SMARTS) is 1. The molecule has 0 bridgehead atoms. The van der Waals surface area contributed by atoms with Crippen LogP contribution in [-0.4, -0.2) is 46.2 Å². The van der Waals surface area contributed by atoms with Gasteiger partial charge in [0, 0.05) is 13.1 Å². The number of aliphatic carboxylic acids is 1. The van der Waals surface area contributed by atoms with E-state index >= 15 is 0 Å². The third-order valence-corrected chi connectivity index (χ3v) is 3.83. The number of nitrogens with zero attached hydrogens (tertiary/aromatic N) is 1. The van der Waals surface area contributed by atoms with Gasteiger partial charge in [0.15, 0.2) is 0 Å². The highest BCUT2D eigenvalue weighted by Gasteiger charge is 2.66. The van der Waals surface area contributed by atoms with Gasteiger partial charge in [-0.25, -0.2) is 0 Å². The quantitative estimate of drug-likeness (QED) is 0.692. The van der Waals surface area contributed by atoms with Gasteiger partial charge in [0.25, 0.3) is 0 Å². The van der Waals surface area contributed by atoms with Crippen LogP contribution in [0.25, 0.3) is 0 Å². The average molecular weight is 227 g/mol. The van der Waals surface area contributed by atoms with E-state index in [0.29, 0.717) is 19.5 Å². The normalized spacial score (nSPS) is 36.2. The van der Waals surface area contributed by atoms with E-state index in [1.54, 1.807) is 18.7 Å². The molecule has 1 amide bonds. The van der Waals surface area contributed by atoms with Crippen LogP contribution in [0.3, 0.4) is 0 Å². The van der Waals surface area contributed by atoms with E-state index < -0.39 is 29.3 Å². The summed E-state index contributed by atoms with van der Waals surface area (Å²) in [5.74, 6) is -2.01. The number of hydrogen-bond donors (Lipinski definition) is 2. The largest absolute Gasteiger partial charge is 0.481 e. The summed E-state index contributed by atoms with van der Waals surface area (Å²) in [6, 6.07) is 0. The zero-order chi connectivity index (χ0) is 12.1. The Kier molecular flexibility index (Phi) is 2.45. The Morgan fingerprint density at radius 3 is 2.31 bits per heavy atom. The fourth-order valence-corrected chi connectivity index (χ4v) is 2.70. The molecule has 0 aromatic carbocycles. The molecule has 5 heteroatoms. The van der Waals surface area contributed by atoms with E-state index in [9.17, 15) is 14.7 Å². The maximum absolute atomic E-state index is 12.0. The van der Waals surface area contributed by atoms with Crippen molar-refractivity contribution in [2.75, 3.05) is 13.1 Å². The van der Waals surface area contributed by atoms with Gasteiger partial charge in [-0.15, -0.1) is 0 Å². The molecule has 3 atom stereocenters. The predicted octanol–water partition coefficient (Wildman–Crippen LogP) is -0.0636. The van der Waals surface area contributed by atoms with Gasteiger partial charge in [0.05, 0.1) is 17.9 Å². The molecule has 90 valence electrons. The smallest absolute Gasteiger partial charge is 0.307 e. The summed E-state index contributed by atoms with van der Waals surface area (Å²) in [6.07, 6.45) is 0.144. The number of carbonyl (C=O) groups excluding carboxylic acids is 1. The highest BCUT2D eigenvalue weighted by Crippen LogP contribution is 2.59. The summed E-state index contributed by atoms with van der Waals surface area (Å²) in [7, 11) is 0. The van der Waals surface area contributed by atoms with Crippen LogP contribution in [0.1, 0.15) is 20.3 Å². The van der Waals surface area contributed by atoms with E-state index in [4.69, 9.17) is 5.11 Å². The van der Waals surface area contributed by atoms with Gasteiger partial charge < -0.3 is 15.1 Å². The minimum absolute atomic E-state index is 0.117. The highest BCUT2D eigenvalue weighted by molar-refractivity contribution is 5.91. The molecule has 0 radical (unpaired) electrons. The minimum atomic E-state index is -0.900. The van der Waals surface area contributed by atoms with Crippen molar-refractivity contribution in [1.29, 1.82) is 0 Å². The maximum Gasteiger partial charge on any atom is 0.307 e. The molecule has 0 unspecified atom stereocenters. The van der Waals surface area contributed by atoms with Crippen molar-refractivity contribution in [3.8, 4) is 0 Å². The molecule has 1 saturated carbocycles. The molecule has 0 aromatic rings. The van der Waals surface area contributed by atoms with Gasteiger partial charge in [-0.2, -0.15) is 0 Å². The Morgan fingerprint density at radius 2 is 1.94 bits per heavy atom. The highest BCUT2D eigenvalue weighted by atomic mass is 16.4. The lowest BCUT2D eigenvalue weighted by Crippen LogP contribution is -2.32. The van der Waals surface area contributed by atoms with Crippen LogP contribution in [-0.2, 0) is 9.59 Å². The molecule has 1 aliphatic heterocycles. The van der Waals surface area contributed by atoms with Crippen LogP contribution >= 0.6 is 0 Å². The number of hydrogen-bond acceptors (Lipinski definition) is 3. The van der Waals surface area contributed by atoms with Crippen LogP contribution in [0, 0.1) is 17.3 Å². The lowest BCUT2D eigenvalue weighted by Gasteiger charge is -2.16. The summed E-state index contributed by atoms with van der Waals surface area (Å²) in [5.41, 5.74) is -0.448. The van der Waals surface area contributed by atoms with E-state index in [2.05, 4.69) is 0 Å². The summed E-state index contributed by atoms with van der Waals surface area (Å²) >= 11 is 0. The van der Waals surface area contributed by atoms with Gasteiger partial charge in [0.2, 0.25) is 5.91 Å². The second-order valence-corrected chi connectivity index (χ2v) is 5.34. The first-order valence-electron chi connectivity index (χ1n) is 5.55. The van der Waals surface area contributed by atoms with Crippen LogP contribution < -0.4 is 0 Å². The van der Waals surface area contributed by atoms with Crippen LogP contribution in [0.4, 0.5) is 0 Å². The van der Waals surface area contributed by atoms with Crippen LogP contribution in [0.15, 0.2) is 0 Å². The number of aliphatic hydroxyl groups is 1. The molecule has 2 aliphatic rings. The second-order valence-electron chi connectivity index (χ2n) is 5.34. The van der Waals surface area contributed by atoms with Crippen molar-refractivity contribution in [2.24, 2.45) is 17.3 Å². The van der Waals surface area contributed by atoms with Crippen molar-refractivity contribution in [3.63, 3.8) is 0 Å². The Labute approximate surface area is 94.0 Å². The second kappa shape index (κ2) is 3.45. The van der Waals surface area contributed by atoms with Crippen molar-refractivity contribution in [2.45, 2.75) is 26.4 Å². The Hall–Kier alpha value is -1.10. The number of likely N-dealkylation sites (tertiary alicyclic amines) is 1. The van der Waals surface area contributed by atoms with Gasteiger partial charge in [0.1, 0.15) is 0 Å². The fourth-order valence-electron chi connectivity index (χ4n) is 2.70. The third-order valence-electron chi connectivity index (χ3n) is 3.83. The number of rotatable bonds is 2. The van der Waals surface area contributed by atoms with Gasteiger partial charge >= 0.3 is 5.97 Å². The molecule has 0 spiro atoms. The molecule has 1 saturated heterocycles. The number of aliphatic hydroxyl groups excluding tert-OH is 1. The SMILES string of the molecule is CC1(C)[C@H](C(=O)O)[C@@H]1C(=O)N1CC[C@H](O)C1. The topological polar surface area (TPSA) is 77.8 Å². The molecular formula is C11H17NO4. The molecule has 1 heterocycles. The molecular weight excluding hydrogens is 210 g/mol. The number of carbonyl (C=O) groups is 2. The lowest BCUT2D eigenvalue weighted by molar-refractivity contribution is -0.141. The van der Waals surface area contributed by atoms with Crippen molar-refractivity contribution < 1.29 is 19.8 Å². The summed E-state index contributed by atoms with van der Waals surface area (Å²) < 4.78 is 0. The van der Waals surface area contributed by atoms with E-state index in [1.807, 2.05) is 0 Å². The standard InChI is InChI=1S/C11H17NO4/c1-11(2)7(8(11)10(15)16)9(14)12-4-3-6(13)5-12/h6-8,13H,3-5H2,1-2H3,(H,15,16)/t6-,7+,8-/m0/s1. The first-order chi connectivity index (χ1) is 7.35. The molecule has 16 heavy (non-hydrogen) atoms. The number of β-amino-alcohol motifs (C(OH)–C–C–N with tert-alkyl or cyclic N) is 1. The first-order valence-corrected chi connectivity index (χ1v) is 5.55. The molecule has 5 nitrogen and oxygen atoms in total. The predicted molar refractivity (Wildman–Crippen MR) is 55.6 cm³/mol. The molecule has 2 rings (SSSR count). The summed E-state index contributed by atoms with van der Waals surface area (Å²) in [6.45, 7) is 4.50. The monoisotopic (exact) mass is 227 g/mol. The van der Waals surface area contributed by atoms with E-state index in [1.165, 1.54) is 0 Å². The Balaban J connectivity index is 2.04. The number of carboxylic acids is 1. The van der Waals surface area contributed by atoms with Crippen molar-refractivity contribution >= 4 is 11.9 Å². The van der Waals surface area contributed by atoms with E-state index in [-0.39, 0.29) is 5.91 Å². The van der Waals surface area contributed by atoms with Crippen molar-refractivity contribution in [1.82, 2.24) is 4.90 Å². The van der Waals surface area contributed by atoms with Crippen molar-refractivity contribution in [3.05, 3.63) is 0 Å². The van der Waals surface area contributed by atoms with Gasteiger partial charge in [-0.3, -0.25) is 9.59 Å². The summed E-state index contributed by atoms with van der Waals surface area (Å²) in [5, 5.41) is 18.3. The fraction of sp³-hybridized carbons (Fsp3) is 0.818.